The smallest absolute Gasteiger partial charge is 0.201 e. The van der Waals surface area contributed by atoms with Gasteiger partial charge in [0.2, 0.25) is 5.88 Å². The van der Waals surface area contributed by atoms with Gasteiger partial charge in [-0.3, -0.25) is 0 Å². The molecule has 0 aliphatic heterocycles. The van der Waals surface area contributed by atoms with Crippen LogP contribution in [-0.4, -0.2) is 11.2 Å². The number of aryl methyl sites for hydroxylation is 1. The van der Waals surface area contributed by atoms with Crippen LogP contribution in [0.5, 0.6) is 5.88 Å². The van der Waals surface area contributed by atoms with Crippen molar-refractivity contribution in [3.8, 4) is 5.88 Å². The second-order valence-corrected chi connectivity index (χ2v) is 4.15. The fourth-order valence-corrected chi connectivity index (χ4v) is 1.96. The normalized spacial score (nSPS) is 10.9. The van der Waals surface area contributed by atoms with Crippen LogP contribution in [0.2, 0.25) is 10.0 Å². The summed E-state index contributed by atoms with van der Waals surface area (Å²) in [7, 11) is 1.94. The number of hydrogen-bond acceptors (Lipinski definition) is 1. The Kier molecular flexibility index (Phi) is 2.81. The van der Waals surface area contributed by atoms with Gasteiger partial charge >= 0.3 is 0 Å². The van der Waals surface area contributed by atoms with Crippen LogP contribution >= 0.6 is 23.2 Å². The van der Waals surface area contributed by atoms with Gasteiger partial charge in [-0.1, -0.05) is 23.2 Å². The summed E-state index contributed by atoms with van der Waals surface area (Å²) < 4.78 is 7.48. The molecule has 0 saturated heterocycles. The minimum absolute atomic E-state index is 0.552. The summed E-state index contributed by atoms with van der Waals surface area (Å²) in [5, 5.41) is 3.15. The highest BCUT2D eigenvalue weighted by Gasteiger charge is 2.10. The van der Waals surface area contributed by atoms with Crippen molar-refractivity contribution >= 4 is 34.0 Å². The Morgan fingerprint density at radius 3 is 2.60 bits per heavy atom. The number of ether oxygens (including phenoxy) is 1. The summed E-state index contributed by atoms with van der Waals surface area (Å²) in [6, 6.07) is 3.69. The third-order valence-electron chi connectivity index (χ3n) is 2.26. The monoisotopic (exact) mass is 243 g/mol. The zero-order chi connectivity index (χ0) is 11.0. The topological polar surface area (TPSA) is 14.2 Å². The Hall–Kier alpha value is -0.860. The first-order chi connectivity index (χ1) is 7.13. The van der Waals surface area contributed by atoms with Crippen LogP contribution in [0.1, 0.15) is 6.92 Å². The van der Waals surface area contributed by atoms with E-state index in [4.69, 9.17) is 27.9 Å². The maximum atomic E-state index is 5.97. The van der Waals surface area contributed by atoms with Gasteiger partial charge in [-0.15, -0.1) is 0 Å². The first-order valence-electron chi connectivity index (χ1n) is 4.70. The fourth-order valence-electron chi connectivity index (χ4n) is 1.63. The molecule has 80 valence electrons. The summed E-state index contributed by atoms with van der Waals surface area (Å²) >= 11 is 11.9. The molecule has 2 rings (SSSR count). The zero-order valence-electron chi connectivity index (χ0n) is 8.55. The Labute approximate surface area is 98.3 Å². The number of hydrogen-bond donors (Lipinski definition) is 0. The number of nitrogens with zero attached hydrogens (tertiary/aromatic N) is 1. The first-order valence-corrected chi connectivity index (χ1v) is 5.46. The van der Waals surface area contributed by atoms with Crippen molar-refractivity contribution in [1.29, 1.82) is 0 Å². The summed E-state index contributed by atoms with van der Waals surface area (Å²) in [5.41, 5.74) is 0. The van der Waals surface area contributed by atoms with Crippen LogP contribution in [0.25, 0.3) is 10.8 Å². The predicted molar refractivity (Wildman–Crippen MR) is 64.1 cm³/mol. The van der Waals surface area contributed by atoms with E-state index in [1.54, 1.807) is 0 Å². The van der Waals surface area contributed by atoms with Crippen LogP contribution in [0.3, 0.4) is 0 Å². The highest BCUT2D eigenvalue weighted by Crippen LogP contribution is 2.34. The van der Waals surface area contributed by atoms with Crippen molar-refractivity contribution in [2.45, 2.75) is 6.92 Å². The summed E-state index contributed by atoms with van der Waals surface area (Å²) in [5.74, 6) is 0.825. The SMILES string of the molecule is CCOc1c2cc(Cl)c(Cl)cc2cn1C. The molecule has 0 N–H and O–H groups in total. The molecule has 0 bridgehead atoms. The lowest BCUT2D eigenvalue weighted by atomic mass is 10.2. The summed E-state index contributed by atoms with van der Waals surface area (Å²) in [6.45, 7) is 2.59. The van der Waals surface area contributed by atoms with E-state index in [1.165, 1.54) is 0 Å². The molecule has 0 fully saturated rings. The zero-order valence-corrected chi connectivity index (χ0v) is 10.1. The number of fused-ring (bicyclic) bond motifs is 1. The van der Waals surface area contributed by atoms with E-state index in [1.807, 2.05) is 36.9 Å². The molecule has 0 saturated carbocycles. The van der Waals surface area contributed by atoms with Gasteiger partial charge < -0.3 is 9.30 Å². The minimum Gasteiger partial charge on any atom is -0.479 e. The average Bonchev–Trinajstić information content (AvgIpc) is 2.46. The molecule has 4 heteroatoms. The molecule has 2 aromatic rings. The van der Waals surface area contributed by atoms with E-state index >= 15 is 0 Å². The maximum Gasteiger partial charge on any atom is 0.201 e. The van der Waals surface area contributed by atoms with Crippen molar-refractivity contribution in [3.05, 3.63) is 28.4 Å². The van der Waals surface area contributed by atoms with Gasteiger partial charge in [0, 0.05) is 24.0 Å². The van der Waals surface area contributed by atoms with Crippen molar-refractivity contribution in [1.82, 2.24) is 4.57 Å². The number of halogens is 2. The minimum atomic E-state index is 0.552. The van der Waals surface area contributed by atoms with Crippen molar-refractivity contribution in [3.63, 3.8) is 0 Å². The van der Waals surface area contributed by atoms with Crippen LogP contribution in [0, 0.1) is 0 Å². The van der Waals surface area contributed by atoms with Crippen LogP contribution in [0.4, 0.5) is 0 Å². The number of benzene rings is 1. The van der Waals surface area contributed by atoms with Crippen molar-refractivity contribution in [2.24, 2.45) is 7.05 Å². The molecule has 0 atom stereocenters. The van der Waals surface area contributed by atoms with Gasteiger partial charge in [0.05, 0.1) is 16.7 Å². The molecule has 1 aromatic heterocycles. The average molecular weight is 244 g/mol. The molecule has 1 heterocycles. The van der Waals surface area contributed by atoms with Crippen molar-refractivity contribution in [2.75, 3.05) is 6.61 Å². The number of aromatic nitrogens is 1. The van der Waals surface area contributed by atoms with Gasteiger partial charge in [0.1, 0.15) is 0 Å². The van der Waals surface area contributed by atoms with E-state index in [0.29, 0.717) is 16.7 Å². The second kappa shape index (κ2) is 3.95. The van der Waals surface area contributed by atoms with E-state index in [-0.39, 0.29) is 0 Å². The molecule has 0 aliphatic rings. The number of rotatable bonds is 2. The Morgan fingerprint density at radius 2 is 1.93 bits per heavy atom. The van der Waals surface area contributed by atoms with E-state index in [2.05, 4.69) is 0 Å². The molecular weight excluding hydrogens is 233 g/mol. The standard InChI is InChI=1S/C11H11Cl2NO/c1-3-15-11-8-5-10(13)9(12)4-7(8)6-14(11)2/h4-6H,3H2,1-2H3. The second-order valence-electron chi connectivity index (χ2n) is 3.33. The molecule has 0 amide bonds. The lowest BCUT2D eigenvalue weighted by molar-refractivity contribution is 0.319. The highest BCUT2D eigenvalue weighted by atomic mass is 35.5. The quantitative estimate of drug-likeness (QED) is 0.781. The molecule has 0 spiro atoms. The third-order valence-corrected chi connectivity index (χ3v) is 2.98. The lowest BCUT2D eigenvalue weighted by Gasteiger charge is -2.04. The van der Waals surface area contributed by atoms with Crippen LogP contribution < -0.4 is 4.74 Å². The first kappa shape index (κ1) is 10.7. The Bertz CT molecular complexity index is 505. The molecule has 0 unspecified atom stereocenters. The van der Waals surface area contributed by atoms with Gasteiger partial charge in [0.15, 0.2) is 0 Å². The largest absolute Gasteiger partial charge is 0.479 e. The van der Waals surface area contributed by atoms with Gasteiger partial charge in [-0.2, -0.15) is 0 Å². The fraction of sp³-hybridized carbons (Fsp3) is 0.273. The Morgan fingerprint density at radius 1 is 1.27 bits per heavy atom. The highest BCUT2D eigenvalue weighted by molar-refractivity contribution is 6.42. The van der Waals surface area contributed by atoms with Gasteiger partial charge in [0.25, 0.3) is 0 Å². The lowest BCUT2D eigenvalue weighted by Crippen LogP contribution is -1.97. The molecule has 15 heavy (non-hydrogen) atoms. The molecule has 2 nitrogen and oxygen atoms in total. The third kappa shape index (κ3) is 1.80. The van der Waals surface area contributed by atoms with E-state index < -0.39 is 0 Å². The molecular formula is C11H11Cl2NO. The molecule has 0 aliphatic carbocycles. The summed E-state index contributed by atoms with van der Waals surface area (Å²) in [6.07, 6.45) is 1.97. The van der Waals surface area contributed by atoms with Crippen LogP contribution in [-0.2, 0) is 7.05 Å². The maximum absolute atomic E-state index is 5.97. The van der Waals surface area contributed by atoms with E-state index in [0.717, 1.165) is 16.7 Å². The van der Waals surface area contributed by atoms with E-state index in [9.17, 15) is 0 Å². The predicted octanol–water partition coefficient (Wildman–Crippen LogP) is 3.88. The summed E-state index contributed by atoms with van der Waals surface area (Å²) in [4.78, 5) is 0. The van der Waals surface area contributed by atoms with Crippen LogP contribution in [0.15, 0.2) is 18.3 Å². The molecule has 0 radical (unpaired) electrons. The van der Waals surface area contributed by atoms with Gasteiger partial charge in [-0.05, 0) is 19.1 Å². The molecule has 1 aromatic carbocycles. The Balaban J connectivity index is 2.70. The van der Waals surface area contributed by atoms with Crippen molar-refractivity contribution < 1.29 is 4.74 Å². The van der Waals surface area contributed by atoms with Gasteiger partial charge in [-0.25, -0.2) is 0 Å².